The zero-order valence-corrected chi connectivity index (χ0v) is 22.0. The summed E-state index contributed by atoms with van der Waals surface area (Å²) in [6.45, 7) is 8.03. The normalized spacial score (nSPS) is 11.7. The Morgan fingerprint density at radius 1 is 1.00 bits per heavy atom. The second-order valence-electron chi connectivity index (χ2n) is 8.77. The van der Waals surface area contributed by atoms with E-state index >= 15 is 0 Å². The zero-order valence-electron chi connectivity index (χ0n) is 21.2. The van der Waals surface area contributed by atoms with Gasteiger partial charge in [-0.15, -0.1) is 10.2 Å². The summed E-state index contributed by atoms with van der Waals surface area (Å²) in [6, 6.07) is 21.4. The van der Waals surface area contributed by atoms with E-state index < -0.39 is 0 Å². The molecular formula is C28H31N5O2S. The Balaban J connectivity index is 1.56. The van der Waals surface area contributed by atoms with Crippen molar-refractivity contribution in [1.82, 2.24) is 20.1 Å². The lowest BCUT2D eigenvalue weighted by Crippen LogP contribution is -2.32. The topological polar surface area (TPSA) is 81.1 Å². The Morgan fingerprint density at radius 2 is 1.78 bits per heavy atom. The van der Waals surface area contributed by atoms with E-state index in [9.17, 15) is 4.79 Å². The first-order chi connectivity index (χ1) is 17.3. The second kappa shape index (κ2) is 11.3. The van der Waals surface area contributed by atoms with Crippen LogP contribution in [0.3, 0.4) is 0 Å². The fourth-order valence-corrected chi connectivity index (χ4v) is 4.65. The van der Waals surface area contributed by atoms with Gasteiger partial charge in [0.2, 0.25) is 0 Å². The average molecular weight is 502 g/mol. The molecule has 186 valence electrons. The van der Waals surface area contributed by atoms with Gasteiger partial charge < -0.3 is 15.4 Å². The first kappa shape index (κ1) is 25.3. The number of nitrogens with zero attached hydrogens (tertiary/aromatic N) is 3. The van der Waals surface area contributed by atoms with Gasteiger partial charge in [0, 0.05) is 17.1 Å². The fourth-order valence-electron chi connectivity index (χ4n) is 3.75. The van der Waals surface area contributed by atoms with Crippen LogP contribution in [0.2, 0.25) is 0 Å². The van der Waals surface area contributed by atoms with Gasteiger partial charge in [-0.2, -0.15) is 0 Å². The number of thioether (sulfide) groups is 1. The summed E-state index contributed by atoms with van der Waals surface area (Å²) >= 11 is 1.59. The summed E-state index contributed by atoms with van der Waals surface area (Å²) in [6.07, 6.45) is 0. The summed E-state index contributed by atoms with van der Waals surface area (Å²) < 4.78 is 7.36. The molecule has 36 heavy (non-hydrogen) atoms. The van der Waals surface area contributed by atoms with Crippen molar-refractivity contribution < 1.29 is 9.53 Å². The van der Waals surface area contributed by atoms with Crippen molar-refractivity contribution in [2.45, 2.75) is 44.6 Å². The van der Waals surface area contributed by atoms with Crippen molar-refractivity contribution in [3.63, 3.8) is 0 Å². The van der Waals surface area contributed by atoms with Gasteiger partial charge >= 0.3 is 6.03 Å². The van der Waals surface area contributed by atoms with Crippen LogP contribution in [0.25, 0.3) is 5.69 Å². The SMILES string of the molecule is COc1cccc(CSc2nnc(C(C)NC(=O)Nc3ccc(C)c(C)c3)n2-c2ccc(C)cc2)c1. The Bertz CT molecular complexity index is 1350. The van der Waals surface area contributed by atoms with Gasteiger partial charge in [-0.25, -0.2) is 4.79 Å². The lowest BCUT2D eigenvalue weighted by Gasteiger charge is -2.17. The Kier molecular flexibility index (Phi) is 7.95. The minimum atomic E-state index is -0.378. The second-order valence-corrected chi connectivity index (χ2v) is 9.71. The van der Waals surface area contributed by atoms with Crippen molar-refractivity contribution in [3.8, 4) is 11.4 Å². The molecule has 1 aromatic heterocycles. The van der Waals surface area contributed by atoms with Gasteiger partial charge in [0.1, 0.15) is 5.75 Å². The molecule has 0 aliphatic heterocycles. The fraction of sp³-hybridized carbons (Fsp3) is 0.250. The molecular weight excluding hydrogens is 470 g/mol. The molecule has 0 bridgehead atoms. The number of carbonyl (C=O) groups excluding carboxylic acids is 1. The smallest absolute Gasteiger partial charge is 0.319 e. The van der Waals surface area contributed by atoms with Crippen molar-refractivity contribution in [1.29, 1.82) is 0 Å². The van der Waals surface area contributed by atoms with Crippen LogP contribution in [0.4, 0.5) is 10.5 Å². The molecule has 3 aromatic carbocycles. The number of nitrogens with one attached hydrogen (secondary N) is 2. The van der Waals surface area contributed by atoms with E-state index in [-0.39, 0.29) is 12.1 Å². The minimum Gasteiger partial charge on any atom is -0.497 e. The van der Waals surface area contributed by atoms with Gasteiger partial charge in [-0.1, -0.05) is 47.7 Å². The number of methoxy groups -OCH3 is 1. The number of ether oxygens (including phenoxy) is 1. The number of urea groups is 1. The lowest BCUT2D eigenvalue weighted by molar-refractivity contribution is 0.249. The standard InChI is InChI=1S/C28H31N5O2S/c1-18-9-13-24(14-10-18)33-26(21(4)29-27(34)30-23-12-11-19(2)20(3)15-23)31-32-28(33)36-17-22-7-6-8-25(16-22)35-5/h6-16,21H,17H2,1-5H3,(H2,29,30,34). The third-order valence-electron chi connectivity index (χ3n) is 5.95. The highest BCUT2D eigenvalue weighted by Gasteiger charge is 2.21. The number of aromatic nitrogens is 3. The highest BCUT2D eigenvalue weighted by Crippen LogP contribution is 2.28. The molecule has 2 amide bonds. The number of anilines is 1. The lowest BCUT2D eigenvalue weighted by atomic mass is 10.1. The van der Waals surface area contributed by atoms with Crippen molar-refractivity contribution in [3.05, 3.63) is 94.8 Å². The van der Waals surface area contributed by atoms with Gasteiger partial charge in [-0.05, 0) is 80.8 Å². The van der Waals surface area contributed by atoms with Crippen LogP contribution < -0.4 is 15.4 Å². The maximum Gasteiger partial charge on any atom is 0.319 e. The van der Waals surface area contributed by atoms with Gasteiger partial charge in [0.05, 0.1) is 13.2 Å². The highest BCUT2D eigenvalue weighted by atomic mass is 32.2. The van der Waals surface area contributed by atoms with Crippen LogP contribution >= 0.6 is 11.8 Å². The number of hydrogen-bond acceptors (Lipinski definition) is 5. The number of benzene rings is 3. The number of carbonyl (C=O) groups is 1. The maximum absolute atomic E-state index is 12.8. The molecule has 0 radical (unpaired) electrons. The number of hydrogen-bond donors (Lipinski definition) is 2. The minimum absolute atomic E-state index is 0.296. The molecule has 7 nitrogen and oxygen atoms in total. The zero-order chi connectivity index (χ0) is 25.7. The van der Waals surface area contributed by atoms with E-state index in [0.29, 0.717) is 11.6 Å². The van der Waals surface area contributed by atoms with Gasteiger partial charge in [-0.3, -0.25) is 4.57 Å². The summed E-state index contributed by atoms with van der Waals surface area (Å²) in [5.74, 6) is 2.18. The summed E-state index contributed by atoms with van der Waals surface area (Å²) in [4.78, 5) is 12.8. The highest BCUT2D eigenvalue weighted by molar-refractivity contribution is 7.98. The first-order valence-corrected chi connectivity index (χ1v) is 12.8. The molecule has 0 saturated heterocycles. The third kappa shape index (κ3) is 6.07. The predicted octanol–water partition coefficient (Wildman–Crippen LogP) is 6.38. The molecule has 0 saturated carbocycles. The Labute approximate surface area is 216 Å². The van der Waals surface area contributed by atoms with Crippen molar-refractivity contribution in [2.75, 3.05) is 12.4 Å². The molecule has 0 aliphatic rings. The van der Waals surface area contributed by atoms with Crippen molar-refractivity contribution >= 4 is 23.5 Å². The van der Waals surface area contributed by atoms with Crippen molar-refractivity contribution in [2.24, 2.45) is 0 Å². The van der Waals surface area contributed by atoms with Crippen LogP contribution in [0, 0.1) is 20.8 Å². The quantitative estimate of drug-likeness (QED) is 0.274. The molecule has 0 aliphatic carbocycles. The molecule has 2 N–H and O–H groups in total. The molecule has 4 aromatic rings. The molecule has 1 atom stereocenters. The molecule has 0 fully saturated rings. The van der Waals surface area contributed by atoms with Gasteiger partial charge in [0.25, 0.3) is 0 Å². The Morgan fingerprint density at radius 3 is 2.50 bits per heavy atom. The predicted molar refractivity (Wildman–Crippen MR) is 145 cm³/mol. The third-order valence-corrected chi connectivity index (χ3v) is 6.95. The maximum atomic E-state index is 12.8. The molecule has 4 rings (SSSR count). The number of amides is 2. The number of rotatable bonds is 8. The number of aryl methyl sites for hydroxylation is 3. The van der Waals surface area contributed by atoms with E-state index in [1.54, 1.807) is 18.9 Å². The monoisotopic (exact) mass is 501 g/mol. The van der Waals surface area contributed by atoms with Gasteiger partial charge in [0.15, 0.2) is 11.0 Å². The largest absolute Gasteiger partial charge is 0.497 e. The average Bonchev–Trinajstić information content (AvgIpc) is 3.29. The van der Waals surface area contributed by atoms with E-state index in [4.69, 9.17) is 4.74 Å². The van der Waals surface area contributed by atoms with E-state index in [0.717, 1.165) is 39.0 Å². The van der Waals surface area contributed by atoms with Crippen LogP contribution in [-0.4, -0.2) is 27.9 Å². The van der Waals surface area contributed by atoms with E-state index in [2.05, 4.69) is 46.0 Å². The first-order valence-electron chi connectivity index (χ1n) is 11.8. The molecule has 0 spiro atoms. The Hall–Kier alpha value is -3.78. The van der Waals surface area contributed by atoms with Crippen LogP contribution in [0.15, 0.2) is 71.9 Å². The molecule has 1 unspecified atom stereocenters. The van der Waals surface area contributed by atoms with Crippen LogP contribution in [-0.2, 0) is 5.75 Å². The van der Waals surface area contributed by atoms with Crippen LogP contribution in [0.5, 0.6) is 5.75 Å². The summed E-state index contributed by atoms with van der Waals surface area (Å²) in [5, 5.41) is 15.6. The van der Waals surface area contributed by atoms with E-state index in [1.807, 2.05) is 73.9 Å². The van der Waals surface area contributed by atoms with Crippen LogP contribution in [0.1, 0.15) is 41.0 Å². The molecule has 1 heterocycles. The van der Waals surface area contributed by atoms with E-state index in [1.165, 1.54) is 5.56 Å². The summed E-state index contributed by atoms with van der Waals surface area (Å²) in [7, 11) is 1.66. The molecule has 8 heteroatoms. The summed E-state index contributed by atoms with van der Waals surface area (Å²) in [5.41, 5.74) is 6.28.